The summed E-state index contributed by atoms with van der Waals surface area (Å²) in [6, 6.07) is 1.83. The molecule has 4 heterocycles. The second-order valence-electron chi connectivity index (χ2n) is 8.14. The van der Waals surface area contributed by atoms with Crippen LogP contribution in [0.3, 0.4) is 0 Å². The summed E-state index contributed by atoms with van der Waals surface area (Å²) in [7, 11) is 1.58. The fraction of sp³-hybridized carbons (Fsp3) is 0.217. The van der Waals surface area contributed by atoms with Crippen molar-refractivity contribution in [2.75, 3.05) is 7.11 Å². The van der Waals surface area contributed by atoms with Crippen molar-refractivity contribution in [2.45, 2.75) is 26.1 Å². The standard InChI is InChI=1S/C23H20N8O5S/c1-11-5-26-17(12(2)20(11)36-3)8-30-27-16-4-14(13-6-24-10-25-7-13)15-9-37-29-21(19(28-30)18(15)16)31(22(32)33)23(34)35/h4-7,10H,8-9H2,1-3H3,(H,32,33)(H,34,35). The molecule has 2 amide bonds. The van der Waals surface area contributed by atoms with Gasteiger partial charge in [-0.15, -0.1) is 0 Å². The number of imide groups is 1. The zero-order valence-corrected chi connectivity index (χ0v) is 20.7. The fourth-order valence-corrected chi connectivity index (χ4v) is 5.07. The van der Waals surface area contributed by atoms with Crippen molar-refractivity contribution < 1.29 is 24.5 Å². The van der Waals surface area contributed by atoms with Crippen LogP contribution in [0.25, 0.3) is 22.4 Å². The SMILES string of the molecule is COc1c(C)cnc(Cn2nc3cc(-c4cncnc4)c4c-3c(n2)C(N(C(=O)O)C(=O)O)=NSC4)c1C. The first-order chi connectivity index (χ1) is 17.8. The average Bonchev–Trinajstić information content (AvgIpc) is 3.13. The molecule has 5 rings (SSSR count). The molecule has 14 heteroatoms. The molecule has 0 fully saturated rings. The van der Waals surface area contributed by atoms with Crippen molar-refractivity contribution in [2.24, 2.45) is 4.40 Å². The maximum absolute atomic E-state index is 11.9. The third-order valence-corrected chi connectivity index (χ3v) is 6.64. The Kier molecular flexibility index (Phi) is 6.17. The normalized spacial score (nSPS) is 12.7. The van der Waals surface area contributed by atoms with Crippen molar-refractivity contribution >= 4 is 30.0 Å². The number of methoxy groups -OCH3 is 1. The van der Waals surface area contributed by atoms with Gasteiger partial charge in [-0.25, -0.2) is 19.6 Å². The Morgan fingerprint density at radius 1 is 1.14 bits per heavy atom. The predicted molar refractivity (Wildman–Crippen MR) is 133 cm³/mol. The molecule has 2 aliphatic heterocycles. The van der Waals surface area contributed by atoms with Crippen molar-refractivity contribution in [3.63, 3.8) is 0 Å². The van der Waals surface area contributed by atoms with E-state index in [-0.39, 0.29) is 23.0 Å². The van der Waals surface area contributed by atoms with Crippen LogP contribution in [0, 0.1) is 13.8 Å². The van der Waals surface area contributed by atoms with Crippen molar-refractivity contribution in [1.82, 2.24) is 34.8 Å². The topological polar surface area (TPSA) is 169 Å². The monoisotopic (exact) mass is 520 g/mol. The number of carbonyl (C=O) groups is 2. The van der Waals surface area contributed by atoms with E-state index in [1.165, 1.54) is 11.1 Å². The van der Waals surface area contributed by atoms with E-state index in [0.717, 1.165) is 39.8 Å². The predicted octanol–water partition coefficient (Wildman–Crippen LogP) is 3.48. The van der Waals surface area contributed by atoms with E-state index in [1.807, 2.05) is 19.9 Å². The van der Waals surface area contributed by atoms with E-state index in [1.54, 1.807) is 25.7 Å². The first-order valence-electron chi connectivity index (χ1n) is 10.9. The molecule has 188 valence electrons. The summed E-state index contributed by atoms with van der Waals surface area (Å²) in [4.78, 5) is 38.0. The number of aryl methyl sites for hydroxylation is 1. The number of amidine groups is 1. The lowest BCUT2D eigenvalue weighted by molar-refractivity contribution is 0.145. The summed E-state index contributed by atoms with van der Waals surface area (Å²) in [5, 5.41) is 28.6. The van der Waals surface area contributed by atoms with Crippen LogP contribution in [-0.2, 0) is 12.3 Å². The molecule has 0 saturated heterocycles. The molecule has 0 radical (unpaired) electrons. The van der Waals surface area contributed by atoms with Gasteiger partial charge in [-0.3, -0.25) is 4.98 Å². The number of aromatic nitrogens is 6. The highest BCUT2D eigenvalue weighted by atomic mass is 32.2. The van der Waals surface area contributed by atoms with Crippen LogP contribution in [0.15, 0.2) is 35.4 Å². The zero-order valence-electron chi connectivity index (χ0n) is 19.9. The number of amides is 2. The number of hydrogen-bond acceptors (Lipinski definition) is 10. The van der Waals surface area contributed by atoms with Gasteiger partial charge in [0.05, 0.1) is 18.5 Å². The number of ether oxygens (including phenoxy) is 1. The first-order valence-corrected chi connectivity index (χ1v) is 11.9. The van der Waals surface area contributed by atoms with E-state index in [2.05, 4.69) is 29.5 Å². The smallest absolute Gasteiger partial charge is 0.422 e. The lowest BCUT2D eigenvalue weighted by Crippen LogP contribution is -2.41. The third-order valence-electron chi connectivity index (χ3n) is 5.92. The summed E-state index contributed by atoms with van der Waals surface area (Å²) in [5.41, 5.74) is 5.67. The molecule has 37 heavy (non-hydrogen) atoms. The highest BCUT2D eigenvalue weighted by Crippen LogP contribution is 2.42. The van der Waals surface area contributed by atoms with Crippen LogP contribution in [0.2, 0.25) is 0 Å². The largest absolute Gasteiger partial charge is 0.496 e. The average molecular weight is 521 g/mol. The maximum atomic E-state index is 11.9. The van der Waals surface area contributed by atoms with Gasteiger partial charge in [-0.2, -0.15) is 24.3 Å². The van der Waals surface area contributed by atoms with E-state index in [4.69, 9.17) is 4.74 Å². The minimum absolute atomic E-state index is 0.0784. The quantitative estimate of drug-likeness (QED) is 0.378. The molecule has 0 saturated carbocycles. The Morgan fingerprint density at radius 3 is 2.54 bits per heavy atom. The second-order valence-corrected chi connectivity index (χ2v) is 8.87. The van der Waals surface area contributed by atoms with Crippen molar-refractivity contribution in [3.8, 4) is 28.1 Å². The molecular formula is C23H20N8O5S. The highest BCUT2D eigenvalue weighted by molar-refractivity contribution is 7.97. The van der Waals surface area contributed by atoms with Crippen LogP contribution in [0.1, 0.15) is 28.1 Å². The van der Waals surface area contributed by atoms with Gasteiger partial charge in [-0.05, 0) is 43.0 Å². The number of nitrogens with zero attached hydrogens (tertiary/aromatic N) is 8. The van der Waals surface area contributed by atoms with Crippen molar-refractivity contribution in [3.05, 3.63) is 59.1 Å². The highest BCUT2D eigenvalue weighted by Gasteiger charge is 2.36. The van der Waals surface area contributed by atoms with Crippen LogP contribution < -0.4 is 4.74 Å². The molecular weight excluding hydrogens is 500 g/mol. The molecule has 0 bridgehead atoms. The minimum atomic E-state index is -1.70. The Bertz CT molecular complexity index is 1520. The van der Waals surface area contributed by atoms with Gasteiger partial charge < -0.3 is 14.9 Å². The molecule has 0 unspecified atom stereocenters. The minimum Gasteiger partial charge on any atom is -0.496 e. The van der Waals surface area contributed by atoms with Crippen LogP contribution in [-0.4, -0.2) is 70.2 Å². The summed E-state index contributed by atoms with van der Waals surface area (Å²) < 4.78 is 9.75. The Hall–Kier alpha value is -4.59. The Morgan fingerprint density at radius 2 is 1.86 bits per heavy atom. The number of pyridine rings is 1. The van der Waals surface area contributed by atoms with Crippen LogP contribution in [0.5, 0.6) is 5.75 Å². The van der Waals surface area contributed by atoms with Gasteiger partial charge in [0.25, 0.3) is 0 Å². The summed E-state index contributed by atoms with van der Waals surface area (Å²) >= 11 is 1.02. The molecule has 3 aliphatic rings. The molecule has 2 N–H and O–H groups in total. The molecule has 2 aromatic rings. The number of rotatable bonds is 4. The van der Waals surface area contributed by atoms with Gasteiger partial charge in [0.1, 0.15) is 24.3 Å². The lowest BCUT2D eigenvalue weighted by Gasteiger charge is -2.18. The first kappa shape index (κ1) is 24.1. The molecule has 13 nitrogen and oxygen atoms in total. The van der Waals surface area contributed by atoms with E-state index >= 15 is 0 Å². The summed E-state index contributed by atoms with van der Waals surface area (Å²) in [6.45, 7) is 3.88. The van der Waals surface area contributed by atoms with E-state index in [0.29, 0.717) is 28.5 Å². The van der Waals surface area contributed by atoms with Gasteiger partial charge >= 0.3 is 12.2 Å². The van der Waals surface area contributed by atoms with Gasteiger partial charge in [0, 0.05) is 46.6 Å². The van der Waals surface area contributed by atoms with Crippen LogP contribution in [0.4, 0.5) is 9.59 Å². The zero-order chi connectivity index (χ0) is 26.3. The molecule has 2 aromatic heterocycles. The molecule has 0 atom stereocenters. The van der Waals surface area contributed by atoms with E-state index in [9.17, 15) is 19.8 Å². The van der Waals surface area contributed by atoms with Gasteiger partial charge in [0.2, 0.25) is 0 Å². The Labute approximate surface area is 214 Å². The van der Waals surface area contributed by atoms with Crippen LogP contribution >= 0.6 is 11.9 Å². The molecule has 0 spiro atoms. The fourth-order valence-electron chi connectivity index (χ4n) is 4.29. The third kappa shape index (κ3) is 4.20. The van der Waals surface area contributed by atoms with Gasteiger partial charge in [0.15, 0.2) is 5.84 Å². The Balaban J connectivity index is 1.74. The molecule has 1 aliphatic carbocycles. The lowest BCUT2D eigenvalue weighted by atomic mass is 10.0. The summed E-state index contributed by atoms with van der Waals surface area (Å²) in [5.74, 6) is 0.700. The van der Waals surface area contributed by atoms with E-state index < -0.39 is 12.2 Å². The number of carboxylic acid groups (broad SMARTS) is 2. The second kappa shape index (κ2) is 9.46. The van der Waals surface area contributed by atoms with Gasteiger partial charge in [-0.1, -0.05) is 0 Å². The number of hydrogen-bond donors (Lipinski definition) is 2. The molecule has 0 aromatic carbocycles. The summed E-state index contributed by atoms with van der Waals surface area (Å²) in [6.07, 6.45) is 3.02. The van der Waals surface area contributed by atoms with Crippen molar-refractivity contribution in [1.29, 1.82) is 0 Å². The maximum Gasteiger partial charge on any atom is 0.422 e.